The normalized spacial score (nSPS) is 14.9. The first kappa shape index (κ1) is 25.3. The van der Waals surface area contributed by atoms with Crippen LogP contribution in [0.15, 0.2) is 0 Å². The summed E-state index contributed by atoms with van der Waals surface area (Å²) in [6.45, 7) is -0.376. The third-order valence-corrected chi connectivity index (χ3v) is 4.43. The Morgan fingerprint density at radius 1 is 0.731 bits per heavy atom. The summed E-state index contributed by atoms with van der Waals surface area (Å²) >= 11 is 0. The molecule has 3 atom stereocenters. The zero-order valence-electron chi connectivity index (χ0n) is 15.9. The minimum atomic E-state index is -1.04. The van der Waals surface area contributed by atoms with Crippen LogP contribution in [0, 0.1) is 0 Å². The SMILES string of the molecule is O=C(O)C(CCCCCCCC(O)CCCCCCO)OCC(O)CO. The van der Waals surface area contributed by atoms with Gasteiger partial charge in [0.2, 0.25) is 0 Å². The van der Waals surface area contributed by atoms with Gasteiger partial charge in [-0.05, 0) is 25.7 Å². The molecule has 0 aliphatic rings. The van der Waals surface area contributed by atoms with Gasteiger partial charge >= 0.3 is 5.97 Å². The van der Waals surface area contributed by atoms with Gasteiger partial charge in [0.1, 0.15) is 6.10 Å². The average molecular weight is 379 g/mol. The van der Waals surface area contributed by atoms with Crippen LogP contribution < -0.4 is 0 Å². The number of unbranched alkanes of at least 4 members (excludes halogenated alkanes) is 7. The summed E-state index contributed by atoms with van der Waals surface area (Å²) in [6, 6.07) is 0. The molecule has 0 heterocycles. The van der Waals surface area contributed by atoms with Gasteiger partial charge in [0.05, 0.1) is 19.3 Å². The Morgan fingerprint density at radius 3 is 1.73 bits per heavy atom. The first-order chi connectivity index (χ1) is 12.5. The van der Waals surface area contributed by atoms with Gasteiger partial charge in [-0.25, -0.2) is 4.79 Å². The molecule has 0 aliphatic heterocycles. The molecule has 0 saturated heterocycles. The van der Waals surface area contributed by atoms with Crippen molar-refractivity contribution in [2.45, 2.75) is 95.4 Å². The first-order valence-electron chi connectivity index (χ1n) is 9.93. The average Bonchev–Trinajstić information content (AvgIpc) is 2.62. The van der Waals surface area contributed by atoms with Crippen LogP contribution in [0.3, 0.4) is 0 Å². The van der Waals surface area contributed by atoms with Crippen molar-refractivity contribution in [3.63, 3.8) is 0 Å². The molecule has 0 aromatic heterocycles. The van der Waals surface area contributed by atoms with E-state index in [1.165, 1.54) is 0 Å². The maximum absolute atomic E-state index is 11.1. The van der Waals surface area contributed by atoms with E-state index in [-0.39, 0.29) is 19.3 Å². The van der Waals surface area contributed by atoms with Crippen molar-refractivity contribution in [1.82, 2.24) is 0 Å². The third kappa shape index (κ3) is 15.5. The second kappa shape index (κ2) is 17.7. The number of carboxylic acids is 1. The van der Waals surface area contributed by atoms with Gasteiger partial charge in [-0.3, -0.25) is 0 Å². The van der Waals surface area contributed by atoms with Gasteiger partial charge in [0.25, 0.3) is 0 Å². The Balaban J connectivity index is 3.56. The van der Waals surface area contributed by atoms with Crippen molar-refractivity contribution in [3.05, 3.63) is 0 Å². The molecular weight excluding hydrogens is 340 g/mol. The predicted molar refractivity (Wildman–Crippen MR) is 99.0 cm³/mol. The summed E-state index contributed by atoms with van der Waals surface area (Å²) in [7, 11) is 0. The highest BCUT2D eigenvalue weighted by atomic mass is 16.5. The maximum atomic E-state index is 11.1. The zero-order chi connectivity index (χ0) is 19.6. The Labute approximate surface area is 157 Å². The summed E-state index contributed by atoms with van der Waals surface area (Å²) in [5.74, 6) is -1.04. The molecule has 0 aliphatic carbocycles. The minimum absolute atomic E-state index is 0.175. The molecule has 0 spiro atoms. The van der Waals surface area contributed by atoms with Crippen LogP contribution in [-0.2, 0) is 9.53 Å². The molecule has 7 heteroatoms. The minimum Gasteiger partial charge on any atom is -0.479 e. The second-order valence-corrected chi connectivity index (χ2v) is 6.92. The molecule has 7 nitrogen and oxygen atoms in total. The van der Waals surface area contributed by atoms with Crippen LogP contribution >= 0.6 is 0 Å². The van der Waals surface area contributed by atoms with Crippen molar-refractivity contribution in [3.8, 4) is 0 Å². The Hall–Kier alpha value is -0.730. The lowest BCUT2D eigenvalue weighted by atomic mass is 10.0. The van der Waals surface area contributed by atoms with Crippen LogP contribution in [0.1, 0.15) is 77.0 Å². The largest absolute Gasteiger partial charge is 0.479 e. The van der Waals surface area contributed by atoms with E-state index in [1.807, 2.05) is 0 Å². The Bertz CT molecular complexity index is 325. The molecule has 26 heavy (non-hydrogen) atoms. The molecule has 0 fully saturated rings. The number of rotatable bonds is 19. The molecule has 5 N–H and O–H groups in total. The molecule has 3 unspecified atom stereocenters. The van der Waals surface area contributed by atoms with E-state index in [2.05, 4.69) is 0 Å². The van der Waals surface area contributed by atoms with Crippen LogP contribution in [0.2, 0.25) is 0 Å². The summed E-state index contributed by atoms with van der Waals surface area (Å²) in [6.07, 6.45) is 8.34. The molecule has 0 aromatic rings. The number of hydrogen-bond acceptors (Lipinski definition) is 6. The Morgan fingerprint density at radius 2 is 1.23 bits per heavy atom. The second-order valence-electron chi connectivity index (χ2n) is 6.92. The third-order valence-electron chi connectivity index (χ3n) is 4.43. The fourth-order valence-corrected chi connectivity index (χ4v) is 2.79. The molecular formula is C19H38O7. The highest BCUT2D eigenvalue weighted by molar-refractivity contribution is 5.72. The number of ether oxygens (including phenoxy) is 1. The summed E-state index contributed by atoms with van der Waals surface area (Å²) in [5.41, 5.74) is 0. The number of carboxylic acid groups (broad SMARTS) is 1. The van der Waals surface area contributed by atoms with Gasteiger partial charge in [0.15, 0.2) is 6.10 Å². The van der Waals surface area contributed by atoms with E-state index in [0.717, 1.165) is 70.6 Å². The van der Waals surface area contributed by atoms with E-state index in [4.69, 9.17) is 20.1 Å². The first-order valence-corrected chi connectivity index (χ1v) is 9.93. The standard InChI is InChI=1S/C19H38O7/c20-13-9-5-4-7-11-16(22)10-6-2-1-3-8-12-18(19(24)25)26-15-17(23)14-21/h16-18,20-23H,1-15H2,(H,24,25). The fourth-order valence-electron chi connectivity index (χ4n) is 2.79. The smallest absolute Gasteiger partial charge is 0.332 e. The van der Waals surface area contributed by atoms with E-state index in [1.54, 1.807) is 0 Å². The summed E-state index contributed by atoms with van der Waals surface area (Å²) < 4.78 is 5.12. The number of aliphatic hydroxyl groups excluding tert-OH is 4. The monoisotopic (exact) mass is 378 g/mol. The predicted octanol–water partition coefficient (Wildman–Crippen LogP) is 1.84. The van der Waals surface area contributed by atoms with E-state index in [9.17, 15) is 15.0 Å². The van der Waals surface area contributed by atoms with Crippen LogP contribution in [0.25, 0.3) is 0 Å². The lowest BCUT2D eigenvalue weighted by Crippen LogP contribution is -2.29. The highest BCUT2D eigenvalue weighted by Gasteiger charge is 2.18. The van der Waals surface area contributed by atoms with Crippen molar-refractivity contribution < 1.29 is 35.1 Å². The van der Waals surface area contributed by atoms with Gasteiger partial charge in [0, 0.05) is 6.61 Å². The van der Waals surface area contributed by atoms with Gasteiger partial charge in [-0.1, -0.05) is 51.4 Å². The maximum Gasteiger partial charge on any atom is 0.332 e. The topological polar surface area (TPSA) is 127 Å². The quantitative estimate of drug-likeness (QED) is 0.217. The van der Waals surface area contributed by atoms with Gasteiger partial charge in [-0.15, -0.1) is 0 Å². The molecule has 0 saturated carbocycles. The van der Waals surface area contributed by atoms with Crippen molar-refractivity contribution in [2.75, 3.05) is 19.8 Å². The zero-order valence-corrected chi connectivity index (χ0v) is 15.9. The van der Waals surface area contributed by atoms with Crippen LogP contribution in [0.4, 0.5) is 0 Å². The van der Waals surface area contributed by atoms with E-state index >= 15 is 0 Å². The fraction of sp³-hybridized carbons (Fsp3) is 0.947. The number of aliphatic hydroxyl groups is 4. The molecule has 0 rings (SSSR count). The molecule has 0 aromatic carbocycles. The lowest BCUT2D eigenvalue weighted by Gasteiger charge is -2.15. The van der Waals surface area contributed by atoms with Gasteiger partial charge in [-0.2, -0.15) is 0 Å². The molecule has 156 valence electrons. The lowest BCUT2D eigenvalue weighted by molar-refractivity contribution is -0.153. The van der Waals surface area contributed by atoms with Crippen molar-refractivity contribution >= 4 is 5.97 Å². The number of carbonyl (C=O) groups is 1. The van der Waals surface area contributed by atoms with Crippen molar-refractivity contribution in [2.24, 2.45) is 0 Å². The van der Waals surface area contributed by atoms with Crippen molar-refractivity contribution in [1.29, 1.82) is 0 Å². The Kier molecular flexibility index (Phi) is 17.2. The number of hydrogen-bond donors (Lipinski definition) is 5. The van der Waals surface area contributed by atoms with Crippen LogP contribution in [0.5, 0.6) is 0 Å². The molecule has 0 amide bonds. The summed E-state index contributed by atoms with van der Waals surface area (Å²) in [5, 5.41) is 45.6. The summed E-state index contributed by atoms with van der Waals surface area (Å²) in [4.78, 5) is 11.1. The van der Waals surface area contributed by atoms with Gasteiger partial charge < -0.3 is 30.3 Å². The van der Waals surface area contributed by atoms with Crippen LogP contribution in [-0.4, -0.2) is 69.6 Å². The molecule has 0 radical (unpaired) electrons. The molecule has 0 bridgehead atoms. The van der Waals surface area contributed by atoms with E-state index in [0.29, 0.717) is 6.42 Å². The highest BCUT2D eigenvalue weighted by Crippen LogP contribution is 2.14. The van der Waals surface area contributed by atoms with E-state index < -0.39 is 24.8 Å². The number of aliphatic carboxylic acids is 1.